The minimum absolute atomic E-state index is 0.00880. The van der Waals surface area contributed by atoms with E-state index in [4.69, 9.17) is 5.73 Å². The second kappa shape index (κ2) is 10.3. The molecule has 2 heterocycles. The van der Waals surface area contributed by atoms with E-state index in [1.54, 1.807) is 11.8 Å². The third-order valence-corrected chi connectivity index (χ3v) is 6.09. The van der Waals surface area contributed by atoms with E-state index in [0.717, 1.165) is 36.8 Å². The molecule has 0 spiro atoms. The number of rotatable bonds is 4. The van der Waals surface area contributed by atoms with Gasteiger partial charge in [-0.1, -0.05) is 17.8 Å². The molecule has 0 saturated carbocycles. The number of thioether (sulfide) groups is 1. The summed E-state index contributed by atoms with van der Waals surface area (Å²) < 4.78 is 28.7. The average molecular weight is 445 g/mol. The Bertz CT molecular complexity index is 979. The van der Waals surface area contributed by atoms with E-state index in [2.05, 4.69) is 32.9 Å². The summed E-state index contributed by atoms with van der Waals surface area (Å²) in [5.41, 5.74) is 9.03. The Labute approximate surface area is 183 Å². The number of amidine groups is 1. The number of halogens is 2. The molecule has 0 fully saturated rings. The minimum atomic E-state index is -2.94. The summed E-state index contributed by atoms with van der Waals surface area (Å²) in [6.45, 7) is -2.94. The predicted molar refractivity (Wildman–Crippen MR) is 118 cm³/mol. The van der Waals surface area contributed by atoms with E-state index in [0.29, 0.717) is 16.8 Å². The van der Waals surface area contributed by atoms with Crippen molar-refractivity contribution in [1.29, 1.82) is 0 Å². The van der Waals surface area contributed by atoms with Gasteiger partial charge in [0.2, 0.25) is 0 Å². The number of nitrogens with zero attached hydrogens (tertiary/aromatic N) is 2. The highest BCUT2D eigenvalue weighted by molar-refractivity contribution is 8.13. The number of terminal acetylenes is 1. The molecule has 3 N–H and O–H groups in total. The first-order valence-corrected chi connectivity index (χ1v) is 10.6. The van der Waals surface area contributed by atoms with Gasteiger partial charge in [-0.25, -0.2) is 4.98 Å². The van der Waals surface area contributed by atoms with Crippen LogP contribution in [0.3, 0.4) is 0 Å². The van der Waals surface area contributed by atoms with E-state index in [1.807, 2.05) is 18.2 Å². The first-order chi connectivity index (χ1) is 15.0. The van der Waals surface area contributed by atoms with Gasteiger partial charge in [0.15, 0.2) is 5.17 Å². The van der Waals surface area contributed by atoms with Crippen molar-refractivity contribution in [1.82, 2.24) is 4.98 Å². The molecule has 0 saturated heterocycles. The average Bonchev–Trinajstić information content (AvgIpc) is 2.94. The maximum atomic E-state index is 12.5. The van der Waals surface area contributed by atoms with Gasteiger partial charge >= 0.3 is 6.61 Å². The van der Waals surface area contributed by atoms with Crippen LogP contribution < -0.4 is 15.8 Å². The summed E-state index contributed by atoms with van der Waals surface area (Å²) >= 11 is 1.60. The predicted octanol–water partition coefficient (Wildman–Crippen LogP) is 4.24. The van der Waals surface area contributed by atoms with E-state index >= 15 is 0 Å². The molecular weight excluding hydrogens is 422 g/mol. The number of ether oxygens (including phenoxy) is 1. The van der Waals surface area contributed by atoms with Gasteiger partial charge in [0, 0.05) is 11.4 Å². The molecule has 2 atom stereocenters. The topological polar surface area (TPSA) is 89.6 Å². The second-order valence-electron chi connectivity index (χ2n) is 7.00. The van der Waals surface area contributed by atoms with Crippen LogP contribution in [0, 0.1) is 18.8 Å². The summed E-state index contributed by atoms with van der Waals surface area (Å²) in [5.74, 6) is 0.857. The second-order valence-corrected chi connectivity index (χ2v) is 8.04. The van der Waals surface area contributed by atoms with Gasteiger partial charge in [-0.15, -0.1) is 12.8 Å². The lowest BCUT2D eigenvalue weighted by Crippen LogP contribution is -2.24. The summed E-state index contributed by atoms with van der Waals surface area (Å²) in [6.07, 6.45) is 12.3. The molecule has 1 amide bonds. The molecule has 0 unspecified atom stereocenters. The fourth-order valence-corrected chi connectivity index (χ4v) is 4.66. The zero-order valence-electron chi connectivity index (χ0n) is 16.6. The number of pyridine rings is 1. The fourth-order valence-electron chi connectivity index (χ4n) is 3.74. The molecule has 1 aliphatic heterocycles. The Kier molecular flexibility index (Phi) is 7.47. The van der Waals surface area contributed by atoms with Crippen molar-refractivity contribution in [3.05, 3.63) is 53.3 Å². The number of carbonyl (C=O) groups excluding carboxylic acids is 1. The maximum Gasteiger partial charge on any atom is 0.387 e. The van der Waals surface area contributed by atoms with Crippen LogP contribution in [-0.4, -0.2) is 28.4 Å². The lowest BCUT2D eigenvalue weighted by Gasteiger charge is -2.27. The summed E-state index contributed by atoms with van der Waals surface area (Å²) in [6, 6.07) is 8.47. The minimum Gasteiger partial charge on any atom is -0.433 e. The van der Waals surface area contributed by atoms with Crippen molar-refractivity contribution in [2.45, 2.75) is 31.9 Å². The lowest BCUT2D eigenvalue weighted by atomic mass is 9.92. The Morgan fingerprint density at radius 3 is 2.81 bits per heavy atom. The SMILES string of the molecule is C#C.NC1=N[C@@H]2c3cc(NC(=O)c4ccc(OC(F)F)cn4)ccc3CCC[C@@H]2CS1. The van der Waals surface area contributed by atoms with Gasteiger partial charge < -0.3 is 15.8 Å². The van der Waals surface area contributed by atoms with Crippen molar-refractivity contribution >= 4 is 28.5 Å². The lowest BCUT2D eigenvalue weighted by molar-refractivity contribution is -0.0500. The number of aryl methyl sites for hydroxylation is 1. The molecule has 2 aromatic rings. The number of carbonyl (C=O) groups is 1. The normalized spacial score (nSPS) is 19.6. The number of alkyl halides is 2. The Balaban J connectivity index is 0.00000132. The molecule has 1 aliphatic carbocycles. The summed E-state index contributed by atoms with van der Waals surface area (Å²) in [5, 5.41) is 3.42. The summed E-state index contributed by atoms with van der Waals surface area (Å²) in [7, 11) is 0. The van der Waals surface area contributed by atoms with Crippen LogP contribution in [-0.2, 0) is 6.42 Å². The van der Waals surface area contributed by atoms with Crippen LogP contribution in [0.25, 0.3) is 0 Å². The number of fused-ring (bicyclic) bond motifs is 3. The van der Waals surface area contributed by atoms with Crippen LogP contribution in [0.2, 0.25) is 0 Å². The van der Waals surface area contributed by atoms with Gasteiger partial charge in [0.1, 0.15) is 11.4 Å². The van der Waals surface area contributed by atoms with Gasteiger partial charge in [0.25, 0.3) is 5.91 Å². The highest BCUT2D eigenvalue weighted by Gasteiger charge is 2.31. The number of nitrogens with one attached hydrogen (secondary N) is 1. The van der Waals surface area contributed by atoms with Crippen LogP contribution >= 0.6 is 11.8 Å². The third kappa shape index (κ3) is 5.52. The number of hydrogen-bond donors (Lipinski definition) is 2. The van der Waals surface area contributed by atoms with Gasteiger partial charge in [-0.3, -0.25) is 9.79 Å². The first kappa shape index (κ1) is 22.6. The van der Waals surface area contributed by atoms with Crippen LogP contribution in [0.15, 0.2) is 41.5 Å². The molecule has 162 valence electrons. The molecule has 0 radical (unpaired) electrons. The van der Waals surface area contributed by atoms with Crippen molar-refractivity contribution in [2.24, 2.45) is 16.6 Å². The Morgan fingerprint density at radius 2 is 2.10 bits per heavy atom. The Hall–Kier alpha value is -3.12. The standard InChI is InChI=1S/C20H20F2N4O2S.C2H2/c21-19(22)28-14-6-7-16(24-9-14)18(27)25-13-5-4-11-2-1-3-12-10-29-20(23)26-17(12)15(11)8-13;1-2/h4-9,12,17,19H,1-3,10H2,(H2,23,26)(H,25,27);1-2H/t12-,17+;/m1./s1. The third-order valence-electron chi connectivity index (χ3n) is 5.10. The van der Waals surface area contributed by atoms with Gasteiger partial charge in [-0.2, -0.15) is 8.78 Å². The van der Waals surface area contributed by atoms with E-state index in [1.165, 1.54) is 17.7 Å². The van der Waals surface area contributed by atoms with Crippen LogP contribution in [0.4, 0.5) is 14.5 Å². The van der Waals surface area contributed by atoms with Crippen molar-refractivity contribution < 1.29 is 18.3 Å². The molecule has 1 aromatic heterocycles. The molecular formula is C22H22F2N4O2S. The molecule has 6 nitrogen and oxygen atoms in total. The quantitative estimate of drug-likeness (QED) is 0.689. The molecule has 0 bridgehead atoms. The van der Waals surface area contributed by atoms with Crippen molar-refractivity contribution in [3.63, 3.8) is 0 Å². The maximum absolute atomic E-state index is 12.5. The molecule has 1 aromatic carbocycles. The number of aliphatic imine (C=N–C) groups is 1. The number of hydrogen-bond acceptors (Lipinski definition) is 6. The first-order valence-electron chi connectivity index (χ1n) is 9.64. The number of nitrogens with two attached hydrogens (primary N) is 1. The number of aromatic nitrogens is 1. The van der Waals surface area contributed by atoms with Crippen molar-refractivity contribution in [3.8, 4) is 18.6 Å². The van der Waals surface area contributed by atoms with Gasteiger partial charge in [-0.05, 0) is 60.6 Å². The van der Waals surface area contributed by atoms with E-state index < -0.39 is 12.5 Å². The fraction of sp³-hybridized carbons (Fsp3) is 0.318. The monoisotopic (exact) mass is 444 g/mol. The number of anilines is 1. The van der Waals surface area contributed by atoms with Crippen LogP contribution in [0.1, 0.15) is 40.5 Å². The molecule has 2 aliphatic rings. The molecule has 31 heavy (non-hydrogen) atoms. The Morgan fingerprint density at radius 1 is 1.29 bits per heavy atom. The van der Waals surface area contributed by atoms with Crippen LogP contribution in [0.5, 0.6) is 5.75 Å². The van der Waals surface area contributed by atoms with Gasteiger partial charge in [0.05, 0.1) is 12.2 Å². The zero-order chi connectivity index (χ0) is 22.4. The number of benzene rings is 1. The van der Waals surface area contributed by atoms with E-state index in [-0.39, 0.29) is 17.5 Å². The highest BCUT2D eigenvalue weighted by Crippen LogP contribution is 2.41. The largest absolute Gasteiger partial charge is 0.433 e. The summed E-state index contributed by atoms with van der Waals surface area (Å²) in [4.78, 5) is 21.1. The van der Waals surface area contributed by atoms with E-state index in [9.17, 15) is 13.6 Å². The smallest absolute Gasteiger partial charge is 0.387 e. The molecule has 4 rings (SSSR count). The number of amides is 1. The van der Waals surface area contributed by atoms with Crippen molar-refractivity contribution in [2.75, 3.05) is 11.1 Å². The highest BCUT2D eigenvalue weighted by atomic mass is 32.2. The zero-order valence-corrected chi connectivity index (χ0v) is 17.4. The molecule has 9 heteroatoms.